The van der Waals surface area contributed by atoms with E-state index in [0.29, 0.717) is 6.61 Å². The Bertz CT molecular complexity index is 622. The van der Waals surface area contributed by atoms with Crippen molar-refractivity contribution in [1.29, 1.82) is 0 Å². The Labute approximate surface area is 103 Å². The van der Waals surface area contributed by atoms with Crippen molar-refractivity contribution in [3.05, 3.63) is 40.9 Å². The monoisotopic (exact) mass is 248 g/mol. The van der Waals surface area contributed by atoms with Crippen molar-refractivity contribution in [2.75, 3.05) is 13.7 Å². The zero-order valence-corrected chi connectivity index (χ0v) is 10.0. The van der Waals surface area contributed by atoms with Crippen molar-refractivity contribution >= 4 is 5.97 Å². The number of hydrogen-bond donors (Lipinski definition) is 0. The van der Waals surface area contributed by atoms with Crippen molar-refractivity contribution in [2.24, 2.45) is 0 Å². The first-order valence-corrected chi connectivity index (χ1v) is 5.38. The van der Waals surface area contributed by atoms with Crippen LogP contribution in [0, 0.1) is 10.4 Å². The normalized spacial score (nSPS) is 10.1. The number of carbonyl (C=O) groups is 1. The molecule has 0 aromatic carbocycles. The highest BCUT2D eigenvalue weighted by atomic mass is 16.6. The first-order chi connectivity index (χ1) is 8.76. The number of methoxy groups -OCH3 is 1. The minimum atomic E-state index is -0.583. The number of ether oxygens (including phenoxy) is 2. The maximum atomic E-state index is 10.7. The fourth-order valence-electron chi connectivity index (χ4n) is 1.38. The summed E-state index contributed by atoms with van der Waals surface area (Å²) >= 11 is 0. The van der Waals surface area contributed by atoms with Crippen LogP contribution in [0.4, 0.5) is 0 Å². The van der Waals surface area contributed by atoms with E-state index < -0.39 is 5.97 Å². The van der Waals surface area contributed by atoms with Gasteiger partial charge in [-0.3, -0.25) is 0 Å². The summed E-state index contributed by atoms with van der Waals surface area (Å²) in [4.78, 5) is 14.2. The highest BCUT2D eigenvalue weighted by molar-refractivity contribution is 5.83. The zero-order valence-electron chi connectivity index (χ0n) is 10.0. The zero-order chi connectivity index (χ0) is 13.0. The van der Waals surface area contributed by atoms with Crippen LogP contribution < -0.4 is 4.74 Å². The minimum absolute atomic E-state index is 0.109. The van der Waals surface area contributed by atoms with E-state index in [4.69, 9.17) is 4.74 Å². The molecule has 2 aliphatic carbocycles. The van der Waals surface area contributed by atoms with E-state index >= 15 is 0 Å². The Kier molecular flexibility index (Phi) is 3.57. The molecule has 0 bridgehead atoms. The van der Waals surface area contributed by atoms with Crippen molar-refractivity contribution < 1.29 is 18.8 Å². The Morgan fingerprint density at radius 1 is 1.44 bits per heavy atom. The molecule has 1 aromatic rings. The van der Waals surface area contributed by atoms with Crippen molar-refractivity contribution in [1.82, 2.24) is 10.1 Å². The molecule has 3 rings (SSSR count). The number of benzene rings is 1. The van der Waals surface area contributed by atoms with Crippen LogP contribution in [-0.4, -0.2) is 29.8 Å². The lowest BCUT2D eigenvalue weighted by atomic mass is 10.1. The first-order valence-electron chi connectivity index (χ1n) is 5.38. The van der Waals surface area contributed by atoms with E-state index in [1.165, 1.54) is 10.4 Å². The average Bonchev–Trinajstić information content (AvgIpc) is 2.87. The quantitative estimate of drug-likeness (QED) is 0.654. The maximum Gasteiger partial charge on any atom is 0.397 e. The third-order valence-corrected chi connectivity index (χ3v) is 2.32. The Balaban J connectivity index is 0.000000136. The summed E-state index contributed by atoms with van der Waals surface area (Å²) in [7, 11) is 1.70. The molecule has 6 heteroatoms. The third-order valence-electron chi connectivity index (χ3n) is 2.32. The lowest BCUT2D eigenvalue weighted by molar-refractivity contribution is 0.0470. The molecular weight excluding hydrogens is 236 g/mol. The number of aromatic nitrogens is 2. The first kappa shape index (κ1) is 12.1. The maximum absolute atomic E-state index is 10.7. The average molecular weight is 248 g/mol. The molecule has 0 aliphatic heterocycles. The second-order valence-electron chi connectivity index (χ2n) is 3.38. The predicted molar refractivity (Wildman–Crippen MR) is 60.9 cm³/mol. The van der Waals surface area contributed by atoms with E-state index in [2.05, 4.69) is 31.5 Å². The van der Waals surface area contributed by atoms with E-state index in [0.717, 1.165) is 12.1 Å². The number of hydrogen-bond acceptors (Lipinski definition) is 6. The summed E-state index contributed by atoms with van der Waals surface area (Å²) in [6, 6.07) is 6.18. The summed E-state index contributed by atoms with van der Waals surface area (Å²) in [6.07, 6.45) is 1.15. The van der Waals surface area contributed by atoms with Gasteiger partial charge in [-0.25, -0.2) is 4.79 Å². The molecule has 0 saturated carbocycles. The van der Waals surface area contributed by atoms with Crippen LogP contribution >= 0.6 is 0 Å². The van der Waals surface area contributed by atoms with Gasteiger partial charge in [-0.1, -0.05) is 17.3 Å². The van der Waals surface area contributed by atoms with Gasteiger partial charge in [-0.15, -0.1) is 0 Å². The highest BCUT2D eigenvalue weighted by Crippen LogP contribution is 2.22. The summed E-state index contributed by atoms with van der Waals surface area (Å²) < 4.78 is 13.9. The fraction of sp³-hybridized carbons (Fsp3) is 0.250. The van der Waals surface area contributed by atoms with Gasteiger partial charge in [-0.05, 0) is 18.2 Å². The van der Waals surface area contributed by atoms with Crippen LogP contribution in [-0.2, 0) is 4.74 Å². The summed E-state index contributed by atoms with van der Waals surface area (Å²) in [5, 5.41) is 5.86. The van der Waals surface area contributed by atoms with Gasteiger partial charge in [0.15, 0.2) is 6.33 Å². The van der Waals surface area contributed by atoms with Crippen LogP contribution in [0.1, 0.15) is 17.6 Å². The predicted octanol–water partition coefficient (Wildman–Crippen LogP) is 1.54. The summed E-state index contributed by atoms with van der Waals surface area (Å²) in [5.74, 6) is 0.337. The standard InChI is InChI=1S/C7H6O.C5H6N2O3/c1-8-7-4-5-2-3-6(5)7;1-2-9-5(8)4-6-3-7-10-4/h2-4H,1H3;3H,2H2,1H3. The number of carbonyl (C=O) groups excluding carboxylic acids is 1. The minimum Gasteiger partial charge on any atom is -0.496 e. The van der Waals surface area contributed by atoms with Crippen molar-refractivity contribution in [2.45, 2.75) is 6.92 Å². The van der Waals surface area contributed by atoms with Crippen LogP contribution in [0.5, 0.6) is 5.75 Å². The van der Waals surface area contributed by atoms with E-state index in [9.17, 15) is 4.79 Å². The second kappa shape index (κ2) is 5.31. The molecule has 0 unspecified atom stereocenters. The number of esters is 1. The Hall–Kier alpha value is -2.37. The summed E-state index contributed by atoms with van der Waals surface area (Å²) in [6.45, 7) is 2.01. The van der Waals surface area contributed by atoms with Crippen LogP contribution in [0.25, 0.3) is 0 Å². The molecule has 0 amide bonds. The smallest absolute Gasteiger partial charge is 0.397 e. The van der Waals surface area contributed by atoms with Gasteiger partial charge >= 0.3 is 11.9 Å². The Morgan fingerprint density at radius 3 is 2.61 bits per heavy atom. The lowest BCUT2D eigenvalue weighted by Gasteiger charge is -2.08. The van der Waals surface area contributed by atoms with Crippen LogP contribution in [0.15, 0.2) is 29.0 Å². The lowest BCUT2D eigenvalue weighted by Crippen LogP contribution is -2.04. The molecule has 0 radical (unpaired) electrons. The van der Waals surface area contributed by atoms with Gasteiger partial charge in [0.25, 0.3) is 0 Å². The van der Waals surface area contributed by atoms with Gasteiger partial charge in [-0.2, -0.15) is 4.98 Å². The molecule has 1 aromatic heterocycles. The third kappa shape index (κ3) is 2.32. The van der Waals surface area contributed by atoms with Crippen LogP contribution in [0.3, 0.4) is 0 Å². The van der Waals surface area contributed by atoms with E-state index in [1.54, 1.807) is 14.0 Å². The molecule has 0 atom stereocenters. The molecule has 18 heavy (non-hydrogen) atoms. The largest absolute Gasteiger partial charge is 0.496 e. The molecule has 94 valence electrons. The molecule has 6 nitrogen and oxygen atoms in total. The fourth-order valence-corrected chi connectivity index (χ4v) is 1.38. The molecule has 0 spiro atoms. The molecular formula is C12H12N2O4. The Morgan fingerprint density at radius 2 is 2.28 bits per heavy atom. The molecule has 2 aliphatic rings. The number of rotatable bonds is 3. The van der Waals surface area contributed by atoms with Gasteiger partial charge in [0.1, 0.15) is 5.75 Å². The van der Waals surface area contributed by atoms with Crippen LogP contribution in [0.2, 0.25) is 0 Å². The van der Waals surface area contributed by atoms with E-state index in [1.807, 2.05) is 6.07 Å². The van der Waals surface area contributed by atoms with Gasteiger partial charge in [0.2, 0.25) is 0 Å². The SMILES string of the molecule is CCOC(=O)c1ncno1.COc1cc2ccc1=2. The van der Waals surface area contributed by atoms with E-state index in [-0.39, 0.29) is 5.89 Å². The van der Waals surface area contributed by atoms with Crippen molar-refractivity contribution in [3.8, 4) is 5.75 Å². The second-order valence-corrected chi connectivity index (χ2v) is 3.38. The van der Waals surface area contributed by atoms with Gasteiger partial charge in [0.05, 0.1) is 13.7 Å². The topological polar surface area (TPSA) is 74.5 Å². The summed E-state index contributed by atoms with van der Waals surface area (Å²) in [5.41, 5.74) is 0. The molecule has 0 N–H and O–H groups in total. The molecule has 0 saturated heterocycles. The molecule has 0 fully saturated rings. The number of nitrogens with zero attached hydrogens (tertiary/aromatic N) is 2. The van der Waals surface area contributed by atoms with Crippen molar-refractivity contribution in [3.63, 3.8) is 0 Å². The molecule has 1 heterocycles. The van der Waals surface area contributed by atoms with Gasteiger partial charge in [0, 0.05) is 5.22 Å². The van der Waals surface area contributed by atoms with Gasteiger partial charge < -0.3 is 14.0 Å². The highest BCUT2D eigenvalue weighted by Gasteiger charge is 2.11.